The average molecular weight is 269 g/mol. The largest absolute Gasteiger partial charge is 0.313 e. The van der Waals surface area contributed by atoms with Crippen LogP contribution >= 0.6 is 11.8 Å². The number of thioether (sulfide) groups is 1. The van der Waals surface area contributed by atoms with Crippen LogP contribution in [0.4, 0.5) is 0 Å². The molecule has 106 valence electrons. The van der Waals surface area contributed by atoms with Crippen molar-refractivity contribution in [2.24, 2.45) is 17.8 Å². The van der Waals surface area contributed by atoms with E-state index in [0.717, 1.165) is 29.0 Å². The molecule has 0 heterocycles. The Hall–Kier alpha value is 0.310. The Kier molecular flexibility index (Phi) is 5.88. The van der Waals surface area contributed by atoms with Crippen molar-refractivity contribution in [2.75, 3.05) is 12.3 Å². The molecule has 0 aromatic carbocycles. The highest BCUT2D eigenvalue weighted by Crippen LogP contribution is 2.50. The lowest BCUT2D eigenvalue weighted by Crippen LogP contribution is -2.35. The van der Waals surface area contributed by atoms with Crippen molar-refractivity contribution in [2.45, 2.75) is 70.6 Å². The molecule has 18 heavy (non-hydrogen) atoms. The van der Waals surface area contributed by atoms with Gasteiger partial charge in [0.2, 0.25) is 0 Å². The first-order valence-electron chi connectivity index (χ1n) is 8.04. The van der Waals surface area contributed by atoms with Crippen LogP contribution in [-0.4, -0.2) is 23.6 Å². The molecule has 2 fully saturated rings. The Bertz CT molecular complexity index is 241. The fourth-order valence-electron chi connectivity index (χ4n) is 3.90. The number of rotatable bonds is 8. The van der Waals surface area contributed by atoms with E-state index in [4.69, 9.17) is 0 Å². The molecule has 0 saturated heterocycles. The zero-order valence-electron chi connectivity index (χ0n) is 12.5. The third-order valence-corrected chi connectivity index (χ3v) is 6.05. The molecule has 2 aliphatic carbocycles. The Morgan fingerprint density at radius 3 is 2.61 bits per heavy atom. The normalized spacial score (nSPS) is 32.3. The molecule has 2 rings (SSSR count). The summed E-state index contributed by atoms with van der Waals surface area (Å²) in [5, 5.41) is 4.56. The maximum absolute atomic E-state index is 3.79. The van der Waals surface area contributed by atoms with Crippen LogP contribution in [0.2, 0.25) is 0 Å². The molecular formula is C16H31NS. The van der Waals surface area contributed by atoms with Crippen molar-refractivity contribution in [3.63, 3.8) is 0 Å². The SMILES string of the molecule is CCCNC(CSC(C)C)CC1CC2CCC1C2. The van der Waals surface area contributed by atoms with Crippen LogP contribution in [0, 0.1) is 17.8 Å². The summed E-state index contributed by atoms with van der Waals surface area (Å²) in [5.41, 5.74) is 0. The van der Waals surface area contributed by atoms with Crippen molar-refractivity contribution in [3.8, 4) is 0 Å². The van der Waals surface area contributed by atoms with E-state index >= 15 is 0 Å². The summed E-state index contributed by atoms with van der Waals surface area (Å²) in [7, 11) is 0. The maximum Gasteiger partial charge on any atom is 0.0161 e. The van der Waals surface area contributed by atoms with Crippen LogP contribution in [0.15, 0.2) is 0 Å². The predicted molar refractivity (Wildman–Crippen MR) is 83.2 cm³/mol. The molecule has 0 amide bonds. The summed E-state index contributed by atoms with van der Waals surface area (Å²) in [4.78, 5) is 0. The van der Waals surface area contributed by atoms with Gasteiger partial charge in [0.15, 0.2) is 0 Å². The number of hydrogen-bond donors (Lipinski definition) is 1. The fraction of sp³-hybridized carbons (Fsp3) is 1.00. The minimum atomic E-state index is 0.765. The fourth-order valence-corrected chi connectivity index (χ4v) is 4.77. The standard InChI is InChI=1S/C16H31NS/c1-4-7-17-16(11-18-12(2)3)10-15-9-13-5-6-14(15)8-13/h12-17H,4-11H2,1-3H3. The molecule has 0 radical (unpaired) electrons. The van der Waals surface area contributed by atoms with Crippen molar-refractivity contribution in [1.82, 2.24) is 5.32 Å². The van der Waals surface area contributed by atoms with Crippen LogP contribution in [0.1, 0.15) is 59.3 Å². The molecule has 2 bridgehead atoms. The monoisotopic (exact) mass is 269 g/mol. The molecule has 4 unspecified atom stereocenters. The Balaban J connectivity index is 1.76. The van der Waals surface area contributed by atoms with Crippen LogP contribution in [0.25, 0.3) is 0 Å². The maximum atomic E-state index is 3.79. The topological polar surface area (TPSA) is 12.0 Å². The molecule has 1 nitrogen and oxygen atoms in total. The molecule has 0 aliphatic heterocycles. The molecule has 2 aliphatic rings. The van der Waals surface area contributed by atoms with Gasteiger partial charge in [-0.2, -0.15) is 11.8 Å². The summed E-state index contributed by atoms with van der Waals surface area (Å²) < 4.78 is 0. The first kappa shape index (κ1) is 14.7. The molecule has 1 N–H and O–H groups in total. The highest BCUT2D eigenvalue weighted by molar-refractivity contribution is 7.99. The van der Waals surface area contributed by atoms with Gasteiger partial charge < -0.3 is 5.32 Å². The predicted octanol–water partition coefficient (Wildman–Crippen LogP) is 4.32. The van der Waals surface area contributed by atoms with Gasteiger partial charge in [0.25, 0.3) is 0 Å². The lowest BCUT2D eigenvalue weighted by molar-refractivity contribution is 0.286. The van der Waals surface area contributed by atoms with Crippen molar-refractivity contribution in [3.05, 3.63) is 0 Å². The summed E-state index contributed by atoms with van der Waals surface area (Å²) in [6.07, 6.45) is 8.88. The third-order valence-electron chi connectivity index (χ3n) is 4.79. The highest BCUT2D eigenvalue weighted by atomic mass is 32.2. The molecule has 0 aromatic rings. The van der Waals surface area contributed by atoms with Gasteiger partial charge in [-0.15, -0.1) is 0 Å². The van der Waals surface area contributed by atoms with Crippen molar-refractivity contribution < 1.29 is 0 Å². The number of nitrogens with one attached hydrogen (secondary N) is 1. The highest BCUT2D eigenvalue weighted by Gasteiger charge is 2.39. The second-order valence-electron chi connectivity index (χ2n) is 6.70. The summed E-state index contributed by atoms with van der Waals surface area (Å²) >= 11 is 2.13. The van der Waals surface area contributed by atoms with E-state index in [1.54, 1.807) is 12.8 Å². The lowest BCUT2D eigenvalue weighted by Gasteiger charge is -2.27. The number of fused-ring (bicyclic) bond motifs is 2. The van der Waals surface area contributed by atoms with Gasteiger partial charge in [-0.05, 0) is 61.7 Å². The molecule has 2 saturated carbocycles. The summed E-state index contributed by atoms with van der Waals surface area (Å²) in [6.45, 7) is 8.11. The van der Waals surface area contributed by atoms with Gasteiger partial charge in [0.05, 0.1) is 0 Å². The van der Waals surface area contributed by atoms with Gasteiger partial charge in [0.1, 0.15) is 0 Å². The van der Waals surface area contributed by atoms with Crippen LogP contribution < -0.4 is 5.32 Å². The summed E-state index contributed by atoms with van der Waals surface area (Å²) in [6, 6.07) is 0.765. The second-order valence-corrected chi connectivity index (χ2v) is 8.31. The minimum Gasteiger partial charge on any atom is -0.313 e. The van der Waals surface area contributed by atoms with Crippen molar-refractivity contribution in [1.29, 1.82) is 0 Å². The zero-order valence-corrected chi connectivity index (χ0v) is 13.3. The molecule has 2 heteroatoms. The second kappa shape index (κ2) is 7.19. The van der Waals surface area contributed by atoms with E-state index in [9.17, 15) is 0 Å². The molecular weight excluding hydrogens is 238 g/mol. The van der Waals surface area contributed by atoms with Crippen LogP contribution in [-0.2, 0) is 0 Å². The lowest BCUT2D eigenvalue weighted by atomic mass is 9.84. The quantitative estimate of drug-likeness (QED) is 0.704. The van der Waals surface area contributed by atoms with Gasteiger partial charge in [0, 0.05) is 11.8 Å². The van der Waals surface area contributed by atoms with Crippen LogP contribution in [0.3, 0.4) is 0 Å². The first-order chi connectivity index (χ1) is 8.69. The van der Waals surface area contributed by atoms with E-state index in [0.29, 0.717) is 0 Å². The Labute approximate surface area is 118 Å². The summed E-state index contributed by atoms with van der Waals surface area (Å²) in [5.74, 6) is 4.55. The van der Waals surface area contributed by atoms with Crippen molar-refractivity contribution >= 4 is 11.8 Å². The van der Waals surface area contributed by atoms with E-state index in [-0.39, 0.29) is 0 Å². The smallest absolute Gasteiger partial charge is 0.0161 e. The Morgan fingerprint density at radius 2 is 2.06 bits per heavy atom. The van der Waals surface area contributed by atoms with Gasteiger partial charge >= 0.3 is 0 Å². The molecule has 4 atom stereocenters. The van der Waals surface area contributed by atoms with E-state index in [1.807, 2.05) is 0 Å². The van der Waals surface area contributed by atoms with Gasteiger partial charge in [-0.3, -0.25) is 0 Å². The molecule has 0 aromatic heterocycles. The first-order valence-corrected chi connectivity index (χ1v) is 9.08. The Morgan fingerprint density at radius 1 is 1.22 bits per heavy atom. The van der Waals surface area contributed by atoms with Gasteiger partial charge in [-0.25, -0.2) is 0 Å². The van der Waals surface area contributed by atoms with E-state index in [1.165, 1.54) is 38.0 Å². The zero-order chi connectivity index (χ0) is 13.0. The average Bonchev–Trinajstić information content (AvgIpc) is 2.94. The molecule has 0 spiro atoms. The van der Waals surface area contributed by atoms with Crippen LogP contribution in [0.5, 0.6) is 0 Å². The van der Waals surface area contributed by atoms with Gasteiger partial charge in [-0.1, -0.05) is 27.2 Å². The minimum absolute atomic E-state index is 0.765. The van der Waals surface area contributed by atoms with E-state index < -0.39 is 0 Å². The van der Waals surface area contributed by atoms with E-state index in [2.05, 4.69) is 37.8 Å². The third kappa shape index (κ3) is 4.16. The number of hydrogen-bond acceptors (Lipinski definition) is 2.